The summed E-state index contributed by atoms with van der Waals surface area (Å²) in [6.45, 7) is 1.35. The van der Waals surface area contributed by atoms with Gasteiger partial charge in [-0.3, -0.25) is 4.79 Å². The van der Waals surface area contributed by atoms with Crippen LogP contribution >= 0.6 is 0 Å². The van der Waals surface area contributed by atoms with Crippen molar-refractivity contribution in [3.8, 4) is 22.6 Å². The molecule has 3 aromatic rings. The molecule has 0 radical (unpaired) electrons. The van der Waals surface area contributed by atoms with E-state index in [-0.39, 0.29) is 17.4 Å². The molecule has 0 saturated carbocycles. The van der Waals surface area contributed by atoms with Crippen LogP contribution in [0.15, 0.2) is 60.7 Å². The lowest BCUT2D eigenvalue weighted by Gasteiger charge is -2.14. The average Bonchev–Trinajstić information content (AvgIpc) is 2.53. The number of benzene rings is 3. The predicted molar refractivity (Wildman–Crippen MR) is 92.6 cm³/mol. The summed E-state index contributed by atoms with van der Waals surface area (Å²) in [5, 5.41) is 2.60. The van der Waals surface area contributed by atoms with Gasteiger partial charge in [0.15, 0.2) is 0 Å². The zero-order valence-corrected chi connectivity index (χ0v) is 13.7. The van der Waals surface area contributed by atoms with Crippen molar-refractivity contribution >= 4 is 11.6 Å². The van der Waals surface area contributed by atoms with Crippen molar-refractivity contribution in [2.75, 3.05) is 5.32 Å². The predicted octanol–water partition coefficient (Wildman–Crippen LogP) is 5.52. The average molecular weight is 357 g/mol. The molecule has 3 rings (SSSR count). The fourth-order valence-electron chi connectivity index (χ4n) is 2.50. The SMILES string of the molecule is CC(=O)Nc1ccc(-c2cccc(F)c2)c(Oc2cc(F)cc(F)c2)c1. The topological polar surface area (TPSA) is 38.3 Å². The second-order valence-electron chi connectivity index (χ2n) is 5.61. The van der Waals surface area contributed by atoms with Crippen molar-refractivity contribution in [1.82, 2.24) is 0 Å². The highest BCUT2D eigenvalue weighted by molar-refractivity contribution is 5.89. The van der Waals surface area contributed by atoms with Gasteiger partial charge in [0.2, 0.25) is 5.91 Å². The lowest BCUT2D eigenvalue weighted by Crippen LogP contribution is -2.05. The normalized spacial score (nSPS) is 10.5. The highest BCUT2D eigenvalue weighted by Crippen LogP contribution is 2.36. The van der Waals surface area contributed by atoms with Crippen molar-refractivity contribution < 1.29 is 22.7 Å². The van der Waals surface area contributed by atoms with Gasteiger partial charge in [-0.25, -0.2) is 13.2 Å². The molecule has 0 heterocycles. The van der Waals surface area contributed by atoms with Crippen LogP contribution in [0.5, 0.6) is 11.5 Å². The number of carbonyl (C=O) groups is 1. The number of nitrogens with one attached hydrogen (secondary N) is 1. The molecule has 0 saturated heterocycles. The smallest absolute Gasteiger partial charge is 0.221 e. The van der Waals surface area contributed by atoms with Crippen molar-refractivity contribution in [3.63, 3.8) is 0 Å². The Morgan fingerprint density at radius 3 is 2.27 bits per heavy atom. The summed E-state index contributed by atoms with van der Waals surface area (Å²) in [6, 6.07) is 13.4. The quantitative estimate of drug-likeness (QED) is 0.667. The summed E-state index contributed by atoms with van der Waals surface area (Å²) in [5.41, 5.74) is 1.46. The van der Waals surface area contributed by atoms with Gasteiger partial charge >= 0.3 is 0 Å². The van der Waals surface area contributed by atoms with E-state index < -0.39 is 17.5 Å². The van der Waals surface area contributed by atoms with Gasteiger partial charge in [-0.05, 0) is 29.8 Å². The van der Waals surface area contributed by atoms with Crippen LogP contribution in [0.2, 0.25) is 0 Å². The van der Waals surface area contributed by atoms with Crippen molar-refractivity contribution in [1.29, 1.82) is 0 Å². The van der Waals surface area contributed by atoms with Gasteiger partial charge in [0.1, 0.15) is 29.0 Å². The number of amides is 1. The van der Waals surface area contributed by atoms with Gasteiger partial charge in [-0.1, -0.05) is 12.1 Å². The standard InChI is InChI=1S/C20H14F3NO2/c1-12(25)24-17-5-6-19(13-3-2-4-14(21)7-13)20(11-17)26-18-9-15(22)8-16(23)10-18/h2-11H,1H3,(H,24,25). The minimum atomic E-state index is -0.787. The summed E-state index contributed by atoms with van der Waals surface area (Å²) in [4.78, 5) is 11.3. The van der Waals surface area contributed by atoms with Crippen LogP contribution in [0.25, 0.3) is 11.1 Å². The van der Waals surface area contributed by atoms with Gasteiger partial charge in [0.05, 0.1) is 0 Å². The summed E-state index contributed by atoms with van der Waals surface area (Å²) >= 11 is 0. The number of ether oxygens (including phenoxy) is 1. The van der Waals surface area contributed by atoms with Gasteiger partial charge in [0, 0.05) is 42.4 Å². The van der Waals surface area contributed by atoms with Crippen LogP contribution in [-0.4, -0.2) is 5.91 Å². The molecule has 0 aliphatic heterocycles. The minimum absolute atomic E-state index is 0.0554. The van der Waals surface area contributed by atoms with Crippen molar-refractivity contribution in [3.05, 3.63) is 78.1 Å². The fourth-order valence-corrected chi connectivity index (χ4v) is 2.50. The molecule has 26 heavy (non-hydrogen) atoms. The Morgan fingerprint density at radius 1 is 0.885 bits per heavy atom. The lowest BCUT2D eigenvalue weighted by molar-refractivity contribution is -0.114. The van der Waals surface area contributed by atoms with E-state index in [2.05, 4.69) is 5.32 Å². The van der Waals surface area contributed by atoms with E-state index in [0.717, 1.165) is 18.2 Å². The number of hydrogen-bond acceptors (Lipinski definition) is 2. The maximum absolute atomic E-state index is 13.6. The molecule has 0 aromatic heterocycles. The molecule has 0 spiro atoms. The molecule has 0 atom stereocenters. The summed E-state index contributed by atoms with van der Waals surface area (Å²) in [7, 11) is 0. The summed E-state index contributed by atoms with van der Waals surface area (Å²) < 4.78 is 46.1. The Hall–Kier alpha value is -3.28. The molecule has 0 unspecified atom stereocenters. The molecule has 1 amide bonds. The highest BCUT2D eigenvalue weighted by atomic mass is 19.1. The largest absolute Gasteiger partial charge is 0.456 e. The molecule has 0 aliphatic rings. The van der Waals surface area contributed by atoms with E-state index in [9.17, 15) is 18.0 Å². The third-order valence-electron chi connectivity index (χ3n) is 3.50. The van der Waals surface area contributed by atoms with Crippen molar-refractivity contribution in [2.45, 2.75) is 6.92 Å². The Labute approximate surface area is 148 Å². The zero-order chi connectivity index (χ0) is 18.7. The third kappa shape index (κ3) is 4.22. The molecule has 0 bridgehead atoms. The number of hydrogen-bond donors (Lipinski definition) is 1. The third-order valence-corrected chi connectivity index (χ3v) is 3.50. The van der Waals surface area contributed by atoms with Gasteiger partial charge in [-0.2, -0.15) is 0 Å². The molecular formula is C20H14F3NO2. The molecule has 0 fully saturated rings. The first-order valence-electron chi connectivity index (χ1n) is 7.72. The summed E-state index contributed by atoms with van der Waals surface area (Å²) in [6.07, 6.45) is 0. The number of anilines is 1. The molecule has 3 aromatic carbocycles. The molecule has 132 valence electrons. The first kappa shape index (κ1) is 17.5. The maximum atomic E-state index is 13.6. The Bertz CT molecular complexity index is 953. The Kier molecular flexibility index (Phi) is 4.93. The first-order chi connectivity index (χ1) is 12.4. The molecule has 3 nitrogen and oxygen atoms in total. The number of carbonyl (C=O) groups excluding carboxylic acids is 1. The van der Waals surface area contributed by atoms with E-state index in [0.29, 0.717) is 16.8 Å². The van der Waals surface area contributed by atoms with E-state index in [4.69, 9.17) is 4.74 Å². The second-order valence-corrected chi connectivity index (χ2v) is 5.61. The van der Waals surface area contributed by atoms with Gasteiger partial charge in [-0.15, -0.1) is 0 Å². The van der Waals surface area contributed by atoms with Gasteiger partial charge < -0.3 is 10.1 Å². The van der Waals surface area contributed by atoms with Crippen LogP contribution in [0.3, 0.4) is 0 Å². The van der Waals surface area contributed by atoms with Crippen molar-refractivity contribution in [2.24, 2.45) is 0 Å². The van der Waals surface area contributed by atoms with E-state index >= 15 is 0 Å². The van der Waals surface area contributed by atoms with Crippen LogP contribution in [0, 0.1) is 17.5 Å². The maximum Gasteiger partial charge on any atom is 0.221 e. The van der Waals surface area contributed by atoms with Crippen LogP contribution in [0.4, 0.5) is 18.9 Å². The molecule has 0 aliphatic carbocycles. The monoisotopic (exact) mass is 357 g/mol. The molecule has 6 heteroatoms. The lowest BCUT2D eigenvalue weighted by atomic mass is 10.0. The first-order valence-corrected chi connectivity index (χ1v) is 7.72. The van der Waals surface area contributed by atoms with E-state index in [1.165, 1.54) is 31.2 Å². The van der Waals surface area contributed by atoms with Crippen LogP contribution in [-0.2, 0) is 4.79 Å². The second kappa shape index (κ2) is 7.31. The summed E-state index contributed by atoms with van der Waals surface area (Å²) in [5.74, 6) is -2.13. The van der Waals surface area contributed by atoms with E-state index in [1.54, 1.807) is 18.2 Å². The van der Waals surface area contributed by atoms with E-state index in [1.807, 2.05) is 0 Å². The number of halogens is 3. The highest BCUT2D eigenvalue weighted by Gasteiger charge is 2.12. The Balaban J connectivity index is 2.07. The van der Waals surface area contributed by atoms with Crippen LogP contribution < -0.4 is 10.1 Å². The Morgan fingerprint density at radius 2 is 1.62 bits per heavy atom. The fraction of sp³-hybridized carbons (Fsp3) is 0.0500. The van der Waals surface area contributed by atoms with Crippen LogP contribution in [0.1, 0.15) is 6.92 Å². The zero-order valence-electron chi connectivity index (χ0n) is 13.7. The minimum Gasteiger partial charge on any atom is -0.456 e. The molecule has 1 N–H and O–H groups in total. The molecular weight excluding hydrogens is 343 g/mol. The van der Waals surface area contributed by atoms with Gasteiger partial charge in [0.25, 0.3) is 0 Å². The number of rotatable bonds is 4.